The smallest absolute Gasteiger partial charge is 0.433 e. The van der Waals surface area contributed by atoms with Crippen LogP contribution < -0.4 is 0 Å². The van der Waals surface area contributed by atoms with Crippen LogP contribution >= 0.6 is 11.3 Å². The molecule has 146 valence electrons. The second kappa shape index (κ2) is 6.59. The fraction of sp³-hybridized carbons (Fsp3) is 0.294. The molecule has 1 amide bonds. The van der Waals surface area contributed by atoms with Crippen LogP contribution in [0.2, 0.25) is 0 Å². The van der Waals surface area contributed by atoms with Crippen molar-refractivity contribution in [2.24, 2.45) is 0 Å². The molecule has 4 rings (SSSR count). The predicted molar refractivity (Wildman–Crippen MR) is 93.0 cm³/mol. The average molecular weight is 410 g/mol. The standard InChI is InChI=1S/C17H13F3N4O3S/c18-17(19,20)13-7-10(12-4-2-6-28-12)22-14-9(8-21-24(13)14)15(25)23-5-1-3-11(23)16(26)27/h2,4,6-8,11H,1,3,5H2,(H,26,27). The summed E-state index contributed by atoms with van der Waals surface area (Å²) in [4.78, 5) is 30.1. The van der Waals surface area contributed by atoms with E-state index in [1.54, 1.807) is 17.5 Å². The molecule has 0 radical (unpaired) electrons. The van der Waals surface area contributed by atoms with E-state index in [1.165, 1.54) is 11.3 Å². The summed E-state index contributed by atoms with van der Waals surface area (Å²) in [5.74, 6) is -1.84. The van der Waals surface area contributed by atoms with E-state index in [0.29, 0.717) is 22.2 Å². The number of aromatic nitrogens is 3. The Morgan fingerprint density at radius 3 is 2.75 bits per heavy atom. The van der Waals surface area contributed by atoms with E-state index in [2.05, 4.69) is 10.1 Å². The minimum absolute atomic E-state index is 0.0700. The highest BCUT2D eigenvalue weighted by Gasteiger charge is 2.38. The van der Waals surface area contributed by atoms with Crippen molar-refractivity contribution in [3.63, 3.8) is 0 Å². The van der Waals surface area contributed by atoms with Crippen LogP contribution in [0.15, 0.2) is 29.8 Å². The summed E-state index contributed by atoms with van der Waals surface area (Å²) in [5, 5.41) is 14.7. The Hall–Kier alpha value is -2.95. The van der Waals surface area contributed by atoms with Crippen molar-refractivity contribution in [2.75, 3.05) is 6.54 Å². The number of amides is 1. The van der Waals surface area contributed by atoms with Gasteiger partial charge in [0, 0.05) is 6.54 Å². The molecule has 0 spiro atoms. The summed E-state index contributed by atoms with van der Waals surface area (Å²) in [6.07, 6.45) is -2.91. The van der Waals surface area contributed by atoms with E-state index in [0.717, 1.165) is 17.2 Å². The highest BCUT2D eigenvalue weighted by atomic mass is 32.1. The second-order valence-electron chi connectivity index (χ2n) is 6.29. The molecular formula is C17H13F3N4O3S. The van der Waals surface area contributed by atoms with E-state index in [4.69, 9.17) is 0 Å². The number of halogens is 3. The number of carbonyl (C=O) groups excluding carboxylic acids is 1. The Morgan fingerprint density at radius 1 is 1.32 bits per heavy atom. The van der Waals surface area contributed by atoms with Crippen LogP contribution in [0.5, 0.6) is 0 Å². The van der Waals surface area contributed by atoms with E-state index in [9.17, 15) is 27.9 Å². The summed E-state index contributed by atoms with van der Waals surface area (Å²) in [7, 11) is 0. The number of fused-ring (bicyclic) bond motifs is 1. The van der Waals surface area contributed by atoms with Crippen molar-refractivity contribution in [1.29, 1.82) is 0 Å². The maximum atomic E-state index is 13.6. The fourth-order valence-electron chi connectivity index (χ4n) is 3.29. The van der Waals surface area contributed by atoms with Gasteiger partial charge in [-0.3, -0.25) is 4.79 Å². The van der Waals surface area contributed by atoms with Crippen molar-refractivity contribution in [3.8, 4) is 10.6 Å². The molecule has 3 aromatic heterocycles. The lowest BCUT2D eigenvalue weighted by Gasteiger charge is -2.20. The van der Waals surface area contributed by atoms with Gasteiger partial charge < -0.3 is 10.0 Å². The molecule has 11 heteroatoms. The van der Waals surface area contributed by atoms with Gasteiger partial charge in [-0.25, -0.2) is 14.3 Å². The van der Waals surface area contributed by atoms with Gasteiger partial charge in [0.25, 0.3) is 5.91 Å². The molecular weight excluding hydrogens is 397 g/mol. The molecule has 4 heterocycles. The van der Waals surface area contributed by atoms with E-state index in [-0.39, 0.29) is 23.4 Å². The van der Waals surface area contributed by atoms with Gasteiger partial charge in [0.2, 0.25) is 0 Å². The van der Waals surface area contributed by atoms with Crippen LogP contribution in [0.1, 0.15) is 28.9 Å². The van der Waals surface area contributed by atoms with Crippen LogP contribution in [-0.2, 0) is 11.0 Å². The summed E-state index contributed by atoms with van der Waals surface area (Å²) < 4.78 is 41.3. The number of aliphatic carboxylic acids is 1. The first-order chi connectivity index (χ1) is 13.3. The highest BCUT2D eigenvalue weighted by Crippen LogP contribution is 2.34. The highest BCUT2D eigenvalue weighted by molar-refractivity contribution is 7.13. The van der Waals surface area contributed by atoms with Gasteiger partial charge in [-0.15, -0.1) is 11.3 Å². The molecule has 0 aliphatic carbocycles. The molecule has 7 nitrogen and oxygen atoms in total. The third-order valence-corrected chi connectivity index (χ3v) is 5.46. The van der Waals surface area contributed by atoms with Crippen LogP contribution in [0.3, 0.4) is 0 Å². The second-order valence-corrected chi connectivity index (χ2v) is 7.24. The molecule has 0 aromatic carbocycles. The molecule has 1 aliphatic heterocycles. The molecule has 1 aliphatic rings. The normalized spacial score (nSPS) is 17.4. The number of thiophene rings is 1. The number of hydrogen-bond donors (Lipinski definition) is 1. The SMILES string of the molecule is O=C(O)C1CCCN1C(=O)c1cnn2c(C(F)(F)F)cc(-c3cccs3)nc12. The molecule has 1 fully saturated rings. The van der Waals surface area contributed by atoms with Gasteiger partial charge in [0.1, 0.15) is 11.6 Å². The molecule has 0 saturated carbocycles. The molecule has 3 aromatic rings. The summed E-state index contributed by atoms with van der Waals surface area (Å²) in [5.41, 5.74) is -1.40. The largest absolute Gasteiger partial charge is 0.480 e. The van der Waals surface area contributed by atoms with Gasteiger partial charge >= 0.3 is 12.1 Å². The zero-order chi connectivity index (χ0) is 20.1. The Morgan fingerprint density at radius 2 is 2.11 bits per heavy atom. The maximum absolute atomic E-state index is 13.6. The van der Waals surface area contributed by atoms with Crippen LogP contribution in [0.25, 0.3) is 16.2 Å². The van der Waals surface area contributed by atoms with Crippen molar-refractivity contribution < 1.29 is 27.9 Å². The van der Waals surface area contributed by atoms with Crippen molar-refractivity contribution in [3.05, 3.63) is 41.0 Å². The minimum atomic E-state index is -4.71. The van der Waals surface area contributed by atoms with Crippen molar-refractivity contribution in [1.82, 2.24) is 19.5 Å². The van der Waals surface area contributed by atoms with Gasteiger partial charge in [0.05, 0.1) is 16.8 Å². The number of carboxylic acids is 1. The first kappa shape index (κ1) is 18.4. The summed E-state index contributed by atoms with van der Waals surface area (Å²) in [6.45, 7) is 0.212. The predicted octanol–water partition coefficient (Wildman–Crippen LogP) is 3.17. The maximum Gasteiger partial charge on any atom is 0.433 e. The number of rotatable bonds is 3. The lowest BCUT2D eigenvalue weighted by atomic mass is 10.2. The lowest BCUT2D eigenvalue weighted by Crippen LogP contribution is -2.40. The number of hydrogen-bond acceptors (Lipinski definition) is 5. The first-order valence-electron chi connectivity index (χ1n) is 8.31. The summed E-state index contributed by atoms with van der Waals surface area (Å²) >= 11 is 1.22. The van der Waals surface area contributed by atoms with Crippen molar-refractivity contribution in [2.45, 2.75) is 25.1 Å². The third kappa shape index (κ3) is 3.01. The molecule has 1 N–H and O–H groups in total. The lowest BCUT2D eigenvalue weighted by molar-refractivity contribution is -0.143. The quantitative estimate of drug-likeness (QED) is 0.717. The third-order valence-electron chi connectivity index (χ3n) is 4.57. The monoisotopic (exact) mass is 410 g/mol. The minimum Gasteiger partial charge on any atom is -0.480 e. The number of nitrogens with zero attached hydrogens (tertiary/aromatic N) is 4. The molecule has 0 bridgehead atoms. The fourth-order valence-corrected chi connectivity index (χ4v) is 3.97. The van der Waals surface area contributed by atoms with Crippen LogP contribution in [0.4, 0.5) is 13.2 Å². The van der Waals surface area contributed by atoms with Gasteiger partial charge in [-0.05, 0) is 30.4 Å². The molecule has 28 heavy (non-hydrogen) atoms. The first-order valence-corrected chi connectivity index (χ1v) is 9.19. The topological polar surface area (TPSA) is 87.8 Å². The van der Waals surface area contributed by atoms with E-state index in [1.807, 2.05) is 0 Å². The zero-order valence-corrected chi connectivity index (χ0v) is 15.0. The average Bonchev–Trinajstić information content (AvgIpc) is 3.38. The van der Waals surface area contributed by atoms with Gasteiger partial charge in [-0.1, -0.05) is 6.07 Å². The van der Waals surface area contributed by atoms with E-state index >= 15 is 0 Å². The van der Waals surface area contributed by atoms with Gasteiger partial charge in [-0.2, -0.15) is 18.3 Å². The van der Waals surface area contributed by atoms with Crippen LogP contribution in [0, 0.1) is 0 Å². The Bertz CT molecular complexity index is 1060. The molecule has 1 saturated heterocycles. The van der Waals surface area contributed by atoms with Crippen LogP contribution in [-0.4, -0.2) is 49.1 Å². The molecule has 1 unspecified atom stereocenters. The Labute approximate surface area is 160 Å². The Kier molecular flexibility index (Phi) is 4.33. The number of carbonyl (C=O) groups is 2. The number of alkyl halides is 3. The van der Waals surface area contributed by atoms with Gasteiger partial charge in [0.15, 0.2) is 11.3 Å². The Balaban J connectivity index is 1.88. The molecule has 1 atom stereocenters. The van der Waals surface area contributed by atoms with Crippen molar-refractivity contribution >= 4 is 28.9 Å². The van der Waals surface area contributed by atoms with E-state index < -0.39 is 29.8 Å². The summed E-state index contributed by atoms with van der Waals surface area (Å²) in [6, 6.07) is 3.19. The zero-order valence-electron chi connectivity index (χ0n) is 14.2. The number of carboxylic acid groups (broad SMARTS) is 1. The number of likely N-dealkylation sites (tertiary alicyclic amines) is 1.